The molecule has 0 bridgehead atoms. The number of aromatic nitrogens is 2. The highest BCUT2D eigenvalue weighted by Crippen LogP contribution is 2.11. The third kappa shape index (κ3) is 3.15. The first kappa shape index (κ1) is 14.3. The summed E-state index contributed by atoms with van der Waals surface area (Å²) in [4.78, 5) is 28.4. The summed E-state index contributed by atoms with van der Waals surface area (Å²) < 4.78 is 6.57. The number of aromatic hydroxyl groups is 1. The highest BCUT2D eigenvalue weighted by atomic mass is 32.1. The van der Waals surface area contributed by atoms with Crippen molar-refractivity contribution in [1.82, 2.24) is 9.38 Å². The summed E-state index contributed by atoms with van der Waals surface area (Å²) in [6, 6.07) is 7.68. The van der Waals surface area contributed by atoms with Gasteiger partial charge in [-0.15, -0.1) is 11.3 Å². The number of hydrogen-bond donors (Lipinski definition) is 1. The maximum absolute atomic E-state index is 11.8. The Labute approximate surface area is 129 Å². The molecule has 2 aromatic heterocycles. The lowest BCUT2D eigenvalue weighted by atomic mass is 10.1. The summed E-state index contributed by atoms with van der Waals surface area (Å²) in [5.41, 5.74) is 0.965. The van der Waals surface area contributed by atoms with E-state index in [0.717, 1.165) is 5.56 Å². The van der Waals surface area contributed by atoms with E-state index in [-0.39, 0.29) is 24.3 Å². The molecule has 0 amide bonds. The number of phenols is 1. The van der Waals surface area contributed by atoms with Crippen LogP contribution in [0.5, 0.6) is 5.75 Å². The van der Waals surface area contributed by atoms with Crippen LogP contribution < -0.4 is 5.56 Å². The second-order valence-corrected chi connectivity index (χ2v) is 5.52. The molecule has 0 aliphatic carbocycles. The SMILES string of the molecule is O=C(Cc1ccc(O)cc1)OCc1cc(=O)n2ccsc2n1. The maximum atomic E-state index is 11.8. The Morgan fingerprint density at radius 1 is 1.32 bits per heavy atom. The molecule has 1 N–H and O–H groups in total. The minimum absolute atomic E-state index is 0.0411. The zero-order valence-corrected chi connectivity index (χ0v) is 12.2. The number of benzene rings is 1. The molecular weight excluding hydrogens is 304 g/mol. The van der Waals surface area contributed by atoms with Crippen LogP contribution in [0.25, 0.3) is 4.96 Å². The summed E-state index contributed by atoms with van der Waals surface area (Å²) in [7, 11) is 0. The van der Waals surface area contributed by atoms with Crippen molar-refractivity contribution in [1.29, 1.82) is 0 Å². The zero-order chi connectivity index (χ0) is 15.5. The van der Waals surface area contributed by atoms with Gasteiger partial charge in [0, 0.05) is 17.6 Å². The van der Waals surface area contributed by atoms with Gasteiger partial charge in [0.15, 0.2) is 4.96 Å². The lowest BCUT2D eigenvalue weighted by Gasteiger charge is -2.05. The third-order valence-corrected chi connectivity index (χ3v) is 3.78. The van der Waals surface area contributed by atoms with E-state index in [1.165, 1.54) is 33.9 Å². The summed E-state index contributed by atoms with van der Waals surface area (Å²) >= 11 is 1.34. The number of hydrogen-bond acceptors (Lipinski definition) is 6. The van der Waals surface area contributed by atoms with E-state index in [4.69, 9.17) is 4.74 Å². The van der Waals surface area contributed by atoms with Crippen molar-refractivity contribution in [3.8, 4) is 5.75 Å². The smallest absolute Gasteiger partial charge is 0.310 e. The van der Waals surface area contributed by atoms with Crippen LogP contribution in [0.2, 0.25) is 0 Å². The average Bonchev–Trinajstić information content (AvgIpc) is 2.97. The molecule has 0 unspecified atom stereocenters. The Balaban J connectivity index is 1.64. The van der Waals surface area contributed by atoms with Gasteiger partial charge in [0.25, 0.3) is 5.56 Å². The Morgan fingerprint density at radius 2 is 2.09 bits per heavy atom. The molecule has 7 heteroatoms. The van der Waals surface area contributed by atoms with Crippen LogP contribution in [-0.2, 0) is 22.6 Å². The van der Waals surface area contributed by atoms with E-state index in [2.05, 4.69) is 4.98 Å². The lowest BCUT2D eigenvalue weighted by molar-refractivity contribution is -0.144. The van der Waals surface area contributed by atoms with E-state index in [9.17, 15) is 14.7 Å². The van der Waals surface area contributed by atoms with Gasteiger partial charge in [0.05, 0.1) is 12.1 Å². The van der Waals surface area contributed by atoms with E-state index < -0.39 is 5.97 Å². The van der Waals surface area contributed by atoms with E-state index >= 15 is 0 Å². The zero-order valence-electron chi connectivity index (χ0n) is 11.4. The predicted octanol–water partition coefficient (Wildman–Crippen LogP) is 1.75. The monoisotopic (exact) mass is 316 g/mol. The highest BCUT2D eigenvalue weighted by molar-refractivity contribution is 7.15. The van der Waals surface area contributed by atoms with Crippen molar-refractivity contribution in [2.75, 3.05) is 0 Å². The molecule has 0 saturated carbocycles. The largest absolute Gasteiger partial charge is 0.508 e. The van der Waals surface area contributed by atoms with Crippen LogP contribution in [0.15, 0.2) is 46.7 Å². The van der Waals surface area contributed by atoms with Crippen LogP contribution in [0.3, 0.4) is 0 Å². The Morgan fingerprint density at radius 3 is 2.86 bits per heavy atom. The summed E-state index contributed by atoms with van der Waals surface area (Å²) in [6.45, 7) is -0.0411. The number of phenolic OH excluding ortho intramolecular Hbond substituents is 1. The van der Waals surface area contributed by atoms with Gasteiger partial charge in [-0.2, -0.15) is 0 Å². The topological polar surface area (TPSA) is 80.9 Å². The molecular formula is C15H12N2O4S. The van der Waals surface area contributed by atoms with Gasteiger partial charge in [-0.1, -0.05) is 12.1 Å². The minimum Gasteiger partial charge on any atom is -0.508 e. The van der Waals surface area contributed by atoms with E-state index in [1.807, 2.05) is 0 Å². The summed E-state index contributed by atoms with van der Waals surface area (Å²) in [5.74, 6) is -0.273. The molecule has 0 atom stereocenters. The fourth-order valence-corrected chi connectivity index (χ4v) is 2.69. The fraction of sp³-hybridized carbons (Fsp3) is 0.133. The standard InChI is InChI=1S/C15H12N2O4S/c18-12-3-1-10(2-4-12)7-14(20)21-9-11-8-13(19)17-5-6-22-15(17)16-11/h1-6,8,18H,7,9H2. The Kier molecular flexibility index (Phi) is 3.88. The highest BCUT2D eigenvalue weighted by Gasteiger charge is 2.08. The first-order valence-corrected chi connectivity index (χ1v) is 7.39. The van der Waals surface area contributed by atoms with Gasteiger partial charge >= 0.3 is 5.97 Å². The molecule has 0 aliphatic rings. The summed E-state index contributed by atoms with van der Waals surface area (Å²) in [6.07, 6.45) is 1.75. The fourth-order valence-electron chi connectivity index (χ4n) is 1.95. The third-order valence-electron chi connectivity index (χ3n) is 3.02. The first-order chi connectivity index (χ1) is 10.6. The number of fused-ring (bicyclic) bond motifs is 1. The first-order valence-electron chi connectivity index (χ1n) is 6.51. The molecule has 3 rings (SSSR count). The van der Waals surface area contributed by atoms with Crippen LogP contribution >= 0.6 is 11.3 Å². The van der Waals surface area contributed by atoms with E-state index in [1.54, 1.807) is 23.7 Å². The quantitative estimate of drug-likeness (QED) is 0.742. The molecule has 3 aromatic rings. The maximum Gasteiger partial charge on any atom is 0.310 e. The predicted molar refractivity (Wildman–Crippen MR) is 80.9 cm³/mol. The van der Waals surface area contributed by atoms with Crippen molar-refractivity contribution in [2.24, 2.45) is 0 Å². The summed E-state index contributed by atoms with van der Waals surface area (Å²) in [5, 5.41) is 11.0. The van der Waals surface area contributed by atoms with Crippen LogP contribution in [0.1, 0.15) is 11.3 Å². The van der Waals surface area contributed by atoms with Crippen LogP contribution in [0.4, 0.5) is 0 Å². The number of carbonyl (C=O) groups is 1. The number of ether oxygens (including phenoxy) is 1. The number of nitrogens with zero attached hydrogens (tertiary/aromatic N) is 2. The number of carbonyl (C=O) groups excluding carboxylic acids is 1. The molecule has 1 aromatic carbocycles. The Hall–Kier alpha value is -2.67. The molecule has 22 heavy (non-hydrogen) atoms. The second kappa shape index (κ2) is 5.98. The normalized spacial score (nSPS) is 10.7. The van der Waals surface area contributed by atoms with Gasteiger partial charge in [0.2, 0.25) is 0 Å². The average molecular weight is 316 g/mol. The van der Waals surface area contributed by atoms with Crippen molar-refractivity contribution in [3.63, 3.8) is 0 Å². The van der Waals surface area contributed by atoms with Crippen molar-refractivity contribution in [2.45, 2.75) is 13.0 Å². The molecule has 0 aliphatic heterocycles. The minimum atomic E-state index is -0.418. The molecule has 0 fully saturated rings. The van der Waals surface area contributed by atoms with Crippen LogP contribution in [-0.4, -0.2) is 20.5 Å². The molecule has 2 heterocycles. The Bertz CT molecular complexity index is 867. The van der Waals surface area contributed by atoms with Gasteiger partial charge < -0.3 is 9.84 Å². The molecule has 112 valence electrons. The molecule has 0 saturated heterocycles. The van der Waals surface area contributed by atoms with Crippen LogP contribution in [0, 0.1) is 0 Å². The second-order valence-electron chi connectivity index (χ2n) is 4.65. The molecule has 0 radical (unpaired) electrons. The van der Waals surface area contributed by atoms with Crippen molar-refractivity contribution in [3.05, 3.63) is 63.5 Å². The van der Waals surface area contributed by atoms with Crippen molar-refractivity contribution < 1.29 is 14.6 Å². The number of esters is 1. The molecule has 0 spiro atoms. The van der Waals surface area contributed by atoms with Gasteiger partial charge in [-0.05, 0) is 17.7 Å². The lowest BCUT2D eigenvalue weighted by Crippen LogP contribution is -2.15. The van der Waals surface area contributed by atoms with Gasteiger partial charge in [-0.25, -0.2) is 4.98 Å². The molecule has 6 nitrogen and oxygen atoms in total. The van der Waals surface area contributed by atoms with Crippen molar-refractivity contribution >= 4 is 22.3 Å². The number of rotatable bonds is 4. The number of thiazole rings is 1. The van der Waals surface area contributed by atoms with Gasteiger partial charge in [0.1, 0.15) is 12.4 Å². The van der Waals surface area contributed by atoms with Gasteiger partial charge in [-0.3, -0.25) is 14.0 Å². The van der Waals surface area contributed by atoms with E-state index in [0.29, 0.717) is 10.7 Å².